The number of nitrogens with zero attached hydrogens (tertiary/aromatic N) is 2. The molecule has 1 aliphatic rings. The second-order valence-corrected chi connectivity index (χ2v) is 4.94. The highest BCUT2D eigenvalue weighted by molar-refractivity contribution is 5.85. The maximum absolute atomic E-state index is 12.2. The number of halogens is 1. The fourth-order valence-electron chi connectivity index (χ4n) is 2.45. The first-order valence-corrected chi connectivity index (χ1v) is 6.51. The number of carbonyl (C=O) groups is 1. The highest BCUT2D eigenvalue weighted by Gasteiger charge is 2.23. The molecular weight excluding hydrogens is 266 g/mol. The van der Waals surface area contributed by atoms with Gasteiger partial charge in [-0.1, -0.05) is 5.16 Å². The number of aromatic nitrogens is 1. The zero-order chi connectivity index (χ0) is 13.1. The standard InChI is InChI=1S/C13H21N3O2.ClH/c1-9-8-14-6-7-16(9)13(17)5-4-12-10(2)15-18-11(12)3;/h9,14H,4-8H2,1-3H3;1H. The van der Waals surface area contributed by atoms with E-state index in [0.717, 1.165) is 43.1 Å². The Hall–Kier alpha value is -1.07. The molecule has 0 aliphatic carbocycles. The molecule has 1 saturated heterocycles. The average molecular weight is 288 g/mol. The topological polar surface area (TPSA) is 58.4 Å². The highest BCUT2D eigenvalue weighted by Crippen LogP contribution is 2.15. The molecule has 1 aromatic heterocycles. The van der Waals surface area contributed by atoms with Gasteiger partial charge >= 0.3 is 0 Å². The second kappa shape index (κ2) is 6.91. The Labute approximate surface area is 120 Å². The molecule has 0 bridgehead atoms. The molecule has 0 radical (unpaired) electrons. The van der Waals surface area contributed by atoms with Crippen molar-refractivity contribution in [3.05, 3.63) is 17.0 Å². The molecule has 1 N–H and O–H groups in total. The van der Waals surface area contributed by atoms with E-state index in [2.05, 4.69) is 17.4 Å². The molecule has 1 amide bonds. The zero-order valence-corrected chi connectivity index (χ0v) is 12.5. The molecule has 1 fully saturated rings. The maximum atomic E-state index is 12.2. The molecule has 0 saturated carbocycles. The number of rotatable bonds is 3. The summed E-state index contributed by atoms with van der Waals surface area (Å²) in [4.78, 5) is 14.1. The number of hydrogen-bond donors (Lipinski definition) is 1. The Morgan fingerprint density at radius 3 is 2.84 bits per heavy atom. The fraction of sp³-hybridized carbons (Fsp3) is 0.692. The van der Waals surface area contributed by atoms with Gasteiger partial charge in [-0.05, 0) is 27.2 Å². The van der Waals surface area contributed by atoms with E-state index in [1.165, 1.54) is 0 Å². The average Bonchev–Trinajstić information content (AvgIpc) is 2.67. The first kappa shape index (κ1) is 16.0. The van der Waals surface area contributed by atoms with Crippen LogP contribution in [0.4, 0.5) is 0 Å². The minimum atomic E-state index is 0. The molecular formula is C13H22ClN3O2. The van der Waals surface area contributed by atoms with Crippen molar-refractivity contribution in [2.24, 2.45) is 0 Å². The van der Waals surface area contributed by atoms with Gasteiger partial charge in [0.1, 0.15) is 5.76 Å². The molecule has 2 rings (SSSR count). The molecule has 19 heavy (non-hydrogen) atoms. The molecule has 1 unspecified atom stereocenters. The molecule has 0 spiro atoms. The van der Waals surface area contributed by atoms with Gasteiger partial charge in [-0.3, -0.25) is 4.79 Å². The number of hydrogen-bond acceptors (Lipinski definition) is 4. The Kier molecular flexibility index (Phi) is 5.82. The molecule has 6 heteroatoms. The van der Waals surface area contributed by atoms with Gasteiger partial charge < -0.3 is 14.7 Å². The largest absolute Gasteiger partial charge is 0.361 e. The van der Waals surface area contributed by atoms with Gasteiger partial charge in [-0.25, -0.2) is 0 Å². The van der Waals surface area contributed by atoms with E-state index in [0.29, 0.717) is 6.42 Å². The van der Waals surface area contributed by atoms with E-state index in [4.69, 9.17) is 4.52 Å². The molecule has 1 aliphatic heterocycles. The zero-order valence-electron chi connectivity index (χ0n) is 11.7. The Bertz CT molecular complexity index is 414. The first-order valence-electron chi connectivity index (χ1n) is 6.51. The van der Waals surface area contributed by atoms with Crippen molar-refractivity contribution >= 4 is 18.3 Å². The summed E-state index contributed by atoms with van der Waals surface area (Å²) < 4.78 is 5.11. The predicted molar refractivity (Wildman–Crippen MR) is 75.6 cm³/mol. The number of nitrogens with one attached hydrogen (secondary N) is 1. The van der Waals surface area contributed by atoms with Gasteiger partial charge in [0.25, 0.3) is 0 Å². The summed E-state index contributed by atoms with van der Waals surface area (Å²) in [6, 6.07) is 0.288. The van der Waals surface area contributed by atoms with Crippen LogP contribution in [0.2, 0.25) is 0 Å². The van der Waals surface area contributed by atoms with Crippen molar-refractivity contribution in [3.8, 4) is 0 Å². The summed E-state index contributed by atoms with van der Waals surface area (Å²) in [5.74, 6) is 1.05. The molecule has 0 aromatic carbocycles. The van der Waals surface area contributed by atoms with Crippen molar-refractivity contribution in [2.75, 3.05) is 19.6 Å². The lowest BCUT2D eigenvalue weighted by Gasteiger charge is -2.34. The lowest BCUT2D eigenvalue weighted by atomic mass is 10.1. The van der Waals surface area contributed by atoms with Crippen LogP contribution in [0.5, 0.6) is 0 Å². The smallest absolute Gasteiger partial charge is 0.223 e. The van der Waals surface area contributed by atoms with Crippen LogP contribution in [0.1, 0.15) is 30.4 Å². The number of piperazine rings is 1. The van der Waals surface area contributed by atoms with Crippen LogP contribution >= 0.6 is 12.4 Å². The van der Waals surface area contributed by atoms with E-state index < -0.39 is 0 Å². The van der Waals surface area contributed by atoms with Gasteiger partial charge in [0.05, 0.1) is 5.69 Å². The van der Waals surface area contributed by atoms with Crippen molar-refractivity contribution in [1.82, 2.24) is 15.4 Å². The minimum Gasteiger partial charge on any atom is -0.361 e. The summed E-state index contributed by atoms with van der Waals surface area (Å²) in [5, 5.41) is 7.20. The second-order valence-electron chi connectivity index (χ2n) is 4.94. The quantitative estimate of drug-likeness (QED) is 0.914. The summed E-state index contributed by atoms with van der Waals surface area (Å²) >= 11 is 0. The Morgan fingerprint density at radius 2 is 2.26 bits per heavy atom. The third kappa shape index (κ3) is 3.70. The monoisotopic (exact) mass is 287 g/mol. The highest BCUT2D eigenvalue weighted by atomic mass is 35.5. The summed E-state index contributed by atoms with van der Waals surface area (Å²) in [7, 11) is 0. The van der Waals surface area contributed by atoms with Crippen LogP contribution in [-0.2, 0) is 11.2 Å². The lowest BCUT2D eigenvalue weighted by Crippen LogP contribution is -2.52. The Morgan fingerprint density at radius 1 is 1.53 bits per heavy atom. The third-order valence-electron chi connectivity index (χ3n) is 3.59. The lowest BCUT2D eigenvalue weighted by molar-refractivity contribution is -0.133. The molecule has 5 nitrogen and oxygen atoms in total. The van der Waals surface area contributed by atoms with Gasteiger partial charge in [0.2, 0.25) is 5.91 Å². The fourth-order valence-corrected chi connectivity index (χ4v) is 2.45. The molecule has 108 valence electrons. The molecule has 1 aromatic rings. The van der Waals surface area contributed by atoms with Crippen LogP contribution < -0.4 is 5.32 Å². The van der Waals surface area contributed by atoms with Gasteiger partial charge in [-0.15, -0.1) is 12.4 Å². The summed E-state index contributed by atoms with van der Waals surface area (Å²) in [5.41, 5.74) is 1.97. The normalized spacial score (nSPS) is 19.1. The van der Waals surface area contributed by atoms with Crippen molar-refractivity contribution in [2.45, 2.75) is 39.7 Å². The van der Waals surface area contributed by atoms with Crippen LogP contribution in [-0.4, -0.2) is 41.6 Å². The van der Waals surface area contributed by atoms with Crippen molar-refractivity contribution < 1.29 is 9.32 Å². The minimum absolute atomic E-state index is 0. The van der Waals surface area contributed by atoms with E-state index >= 15 is 0 Å². The van der Waals surface area contributed by atoms with E-state index in [-0.39, 0.29) is 24.4 Å². The van der Waals surface area contributed by atoms with Crippen LogP contribution in [0.15, 0.2) is 4.52 Å². The van der Waals surface area contributed by atoms with Gasteiger partial charge in [-0.2, -0.15) is 0 Å². The maximum Gasteiger partial charge on any atom is 0.223 e. The number of carbonyl (C=O) groups excluding carboxylic acids is 1. The number of amides is 1. The van der Waals surface area contributed by atoms with Crippen molar-refractivity contribution in [1.29, 1.82) is 0 Å². The van der Waals surface area contributed by atoms with Gasteiger partial charge in [0, 0.05) is 37.7 Å². The third-order valence-corrected chi connectivity index (χ3v) is 3.59. The Balaban J connectivity index is 0.00000180. The molecule has 2 heterocycles. The van der Waals surface area contributed by atoms with E-state index in [1.54, 1.807) is 0 Å². The van der Waals surface area contributed by atoms with E-state index in [1.807, 2.05) is 18.7 Å². The molecule has 1 atom stereocenters. The van der Waals surface area contributed by atoms with E-state index in [9.17, 15) is 4.79 Å². The summed E-state index contributed by atoms with van der Waals surface area (Å²) in [6.07, 6.45) is 1.25. The first-order chi connectivity index (χ1) is 8.59. The number of aryl methyl sites for hydroxylation is 2. The van der Waals surface area contributed by atoms with Gasteiger partial charge in [0.15, 0.2) is 0 Å². The van der Waals surface area contributed by atoms with Crippen LogP contribution in [0.25, 0.3) is 0 Å². The SMILES string of the molecule is Cc1noc(C)c1CCC(=O)N1CCNCC1C.Cl. The van der Waals surface area contributed by atoms with Crippen LogP contribution in [0, 0.1) is 13.8 Å². The van der Waals surface area contributed by atoms with Crippen LogP contribution in [0.3, 0.4) is 0 Å². The predicted octanol–water partition coefficient (Wildman–Crippen LogP) is 1.47. The van der Waals surface area contributed by atoms with Crippen molar-refractivity contribution in [3.63, 3.8) is 0 Å². The summed E-state index contributed by atoms with van der Waals surface area (Å²) in [6.45, 7) is 8.48.